The molecule has 0 aromatic rings. The summed E-state index contributed by atoms with van der Waals surface area (Å²) in [4.78, 5) is 11.9. The van der Waals surface area contributed by atoms with Crippen molar-refractivity contribution in [3.05, 3.63) is 0 Å². The van der Waals surface area contributed by atoms with Gasteiger partial charge in [-0.05, 0) is 59.1 Å². The number of rotatable bonds is 5. The summed E-state index contributed by atoms with van der Waals surface area (Å²) < 4.78 is 5.79. The number of ether oxygens (including phenoxy) is 1. The highest BCUT2D eigenvalue weighted by Crippen LogP contribution is 2.38. The number of hydrogen-bond donors (Lipinski definition) is 2. The zero-order chi connectivity index (χ0) is 16.9. The van der Waals surface area contributed by atoms with Gasteiger partial charge >= 0.3 is 6.09 Å². The number of carbonyl (C=O) groups is 1. The predicted octanol–water partition coefficient (Wildman–Crippen LogP) is 4.09. The Hall–Kier alpha value is -0.420. The Bertz CT molecular complexity index is 389. The van der Waals surface area contributed by atoms with Gasteiger partial charge in [0.1, 0.15) is 5.60 Å². The summed E-state index contributed by atoms with van der Waals surface area (Å²) in [7, 11) is 0. The van der Waals surface area contributed by atoms with Crippen molar-refractivity contribution in [1.82, 2.24) is 10.6 Å². The van der Waals surface area contributed by atoms with E-state index in [1.165, 1.54) is 32.1 Å². The fraction of sp³-hybridized carbons (Fsp3) is 0.944. The Morgan fingerprint density at radius 3 is 2.43 bits per heavy atom. The minimum atomic E-state index is -0.425. The van der Waals surface area contributed by atoms with Gasteiger partial charge in [0.15, 0.2) is 0 Å². The first-order chi connectivity index (χ1) is 10.8. The molecule has 134 valence electrons. The summed E-state index contributed by atoms with van der Waals surface area (Å²) in [6.07, 6.45) is 12.0. The lowest BCUT2D eigenvalue weighted by molar-refractivity contribution is 0.0505. The first-order valence-electron chi connectivity index (χ1n) is 9.10. The normalized spacial score (nSPS) is 27.7. The van der Waals surface area contributed by atoms with Crippen LogP contribution in [0.2, 0.25) is 0 Å². The van der Waals surface area contributed by atoms with E-state index in [0.29, 0.717) is 10.8 Å². The molecule has 0 saturated heterocycles. The van der Waals surface area contributed by atoms with Crippen LogP contribution in [-0.2, 0) is 4.74 Å². The van der Waals surface area contributed by atoms with Crippen LogP contribution >= 0.6 is 11.8 Å². The second-order valence-electron chi connectivity index (χ2n) is 8.18. The van der Waals surface area contributed by atoms with E-state index in [0.717, 1.165) is 25.8 Å². The number of hydrogen-bond acceptors (Lipinski definition) is 4. The van der Waals surface area contributed by atoms with Crippen molar-refractivity contribution in [2.75, 3.05) is 12.8 Å². The molecule has 2 atom stereocenters. The van der Waals surface area contributed by atoms with Crippen molar-refractivity contribution in [1.29, 1.82) is 0 Å². The molecule has 2 aliphatic rings. The van der Waals surface area contributed by atoms with Gasteiger partial charge in [-0.1, -0.05) is 19.3 Å². The van der Waals surface area contributed by atoms with Gasteiger partial charge in [0.25, 0.3) is 0 Å². The Morgan fingerprint density at radius 1 is 1.17 bits per heavy atom. The largest absolute Gasteiger partial charge is 0.444 e. The molecule has 2 unspecified atom stereocenters. The van der Waals surface area contributed by atoms with Crippen LogP contribution in [-0.4, -0.2) is 41.3 Å². The molecule has 4 nitrogen and oxygen atoms in total. The summed E-state index contributed by atoms with van der Waals surface area (Å²) >= 11 is 2.04. The van der Waals surface area contributed by atoms with Crippen molar-refractivity contribution >= 4 is 17.9 Å². The van der Waals surface area contributed by atoms with E-state index in [2.05, 4.69) is 16.9 Å². The lowest BCUT2D eigenvalue weighted by atomic mass is 9.88. The smallest absolute Gasteiger partial charge is 0.407 e. The average molecular weight is 343 g/mol. The van der Waals surface area contributed by atoms with Crippen LogP contribution < -0.4 is 10.6 Å². The van der Waals surface area contributed by atoms with E-state index in [1.807, 2.05) is 32.5 Å². The number of carbonyl (C=O) groups excluding carboxylic acids is 1. The van der Waals surface area contributed by atoms with E-state index < -0.39 is 5.60 Å². The van der Waals surface area contributed by atoms with Gasteiger partial charge in [-0.3, -0.25) is 0 Å². The summed E-state index contributed by atoms with van der Waals surface area (Å²) in [5.41, 5.74) is -0.425. The van der Waals surface area contributed by atoms with Gasteiger partial charge < -0.3 is 15.4 Å². The highest BCUT2D eigenvalue weighted by Gasteiger charge is 2.33. The average Bonchev–Trinajstić information content (AvgIpc) is 2.91. The molecule has 0 aromatic carbocycles. The molecule has 0 aliphatic heterocycles. The quantitative estimate of drug-likeness (QED) is 0.790. The lowest BCUT2D eigenvalue weighted by Crippen LogP contribution is -2.43. The topological polar surface area (TPSA) is 50.4 Å². The van der Waals surface area contributed by atoms with Crippen LogP contribution in [0, 0.1) is 0 Å². The van der Waals surface area contributed by atoms with Crippen molar-refractivity contribution in [3.8, 4) is 0 Å². The molecule has 2 saturated carbocycles. The SMILES string of the molecule is CSC1(CNC2CCC(NC(=O)OC(C)(C)C)C2)CCCCC1. The molecule has 5 heteroatoms. The van der Waals surface area contributed by atoms with Crippen LogP contribution in [0.4, 0.5) is 4.79 Å². The molecule has 0 radical (unpaired) electrons. The summed E-state index contributed by atoms with van der Waals surface area (Å²) in [6, 6.07) is 0.778. The highest BCUT2D eigenvalue weighted by molar-refractivity contribution is 8.00. The maximum Gasteiger partial charge on any atom is 0.407 e. The predicted molar refractivity (Wildman–Crippen MR) is 98.1 cm³/mol. The number of alkyl carbamates (subject to hydrolysis) is 1. The minimum Gasteiger partial charge on any atom is -0.444 e. The van der Waals surface area contributed by atoms with Crippen molar-refractivity contribution in [2.24, 2.45) is 0 Å². The molecule has 2 rings (SSSR count). The fourth-order valence-corrected chi connectivity index (χ4v) is 4.68. The van der Waals surface area contributed by atoms with Crippen LogP contribution in [0.25, 0.3) is 0 Å². The Labute approximate surface area is 145 Å². The molecule has 1 amide bonds. The van der Waals surface area contributed by atoms with E-state index >= 15 is 0 Å². The first-order valence-corrected chi connectivity index (χ1v) is 10.3. The van der Waals surface area contributed by atoms with Gasteiger partial charge in [-0.2, -0.15) is 11.8 Å². The maximum atomic E-state index is 11.9. The van der Waals surface area contributed by atoms with E-state index in [1.54, 1.807) is 0 Å². The van der Waals surface area contributed by atoms with E-state index in [4.69, 9.17) is 4.74 Å². The number of nitrogens with one attached hydrogen (secondary N) is 2. The van der Waals surface area contributed by atoms with Crippen molar-refractivity contribution < 1.29 is 9.53 Å². The van der Waals surface area contributed by atoms with Gasteiger partial charge in [0.05, 0.1) is 0 Å². The summed E-state index contributed by atoms with van der Waals surface area (Å²) in [5, 5.41) is 6.80. The van der Waals surface area contributed by atoms with Crippen LogP contribution in [0.3, 0.4) is 0 Å². The zero-order valence-electron chi connectivity index (χ0n) is 15.2. The van der Waals surface area contributed by atoms with Gasteiger partial charge in [-0.15, -0.1) is 0 Å². The van der Waals surface area contributed by atoms with E-state index in [-0.39, 0.29) is 12.1 Å². The standard InChI is InChI=1S/C18H34N2O2S/c1-17(2,3)22-16(21)20-15-9-8-14(12-15)19-13-18(23-4)10-6-5-7-11-18/h14-15,19H,5-13H2,1-4H3,(H,20,21). The summed E-state index contributed by atoms with van der Waals surface area (Å²) in [6.45, 7) is 6.81. The van der Waals surface area contributed by atoms with E-state index in [9.17, 15) is 4.79 Å². The van der Waals surface area contributed by atoms with Crippen LogP contribution in [0.15, 0.2) is 0 Å². The Kier molecular flexibility index (Phi) is 6.66. The molecule has 0 aromatic heterocycles. The Morgan fingerprint density at radius 2 is 1.83 bits per heavy atom. The van der Waals surface area contributed by atoms with Crippen molar-refractivity contribution in [2.45, 2.75) is 94.6 Å². The second kappa shape index (κ2) is 8.11. The zero-order valence-corrected chi connectivity index (χ0v) is 16.1. The minimum absolute atomic E-state index is 0.249. The number of amides is 1. The molecular formula is C18H34N2O2S. The van der Waals surface area contributed by atoms with Crippen LogP contribution in [0.1, 0.15) is 72.1 Å². The third kappa shape index (κ3) is 6.18. The molecule has 23 heavy (non-hydrogen) atoms. The monoisotopic (exact) mass is 342 g/mol. The van der Waals surface area contributed by atoms with Crippen LogP contribution in [0.5, 0.6) is 0 Å². The maximum absolute atomic E-state index is 11.9. The molecule has 0 bridgehead atoms. The molecule has 2 N–H and O–H groups in total. The van der Waals surface area contributed by atoms with Gasteiger partial charge in [0.2, 0.25) is 0 Å². The summed E-state index contributed by atoms with van der Waals surface area (Å²) in [5.74, 6) is 0. The third-order valence-electron chi connectivity index (χ3n) is 5.06. The van der Waals surface area contributed by atoms with Gasteiger partial charge in [-0.25, -0.2) is 4.79 Å². The molecule has 0 heterocycles. The second-order valence-corrected chi connectivity index (χ2v) is 9.46. The molecule has 0 spiro atoms. The lowest BCUT2D eigenvalue weighted by Gasteiger charge is -2.37. The Balaban J connectivity index is 1.71. The van der Waals surface area contributed by atoms with Gasteiger partial charge in [0, 0.05) is 23.4 Å². The molecule has 2 aliphatic carbocycles. The molecular weight excluding hydrogens is 308 g/mol. The fourth-order valence-electron chi connectivity index (χ4n) is 3.75. The third-order valence-corrected chi connectivity index (χ3v) is 6.48. The first kappa shape index (κ1) is 18.9. The molecule has 2 fully saturated rings. The number of thioether (sulfide) groups is 1. The van der Waals surface area contributed by atoms with Crippen molar-refractivity contribution in [3.63, 3.8) is 0 Å². The highest BCUT2D eigenvalue weighted by atomic mass is 32.2.